The Labute approximate surface area is 103 Å². The Morgan fingerprint density at radius 3 is 2.61 bits per heavy atom. The van der Waals surface area contributed by atoms with Gasteiger partial charge in [-0.05, 0) is 12.1 Å². The molecule has 1 aromatic carbocycles. The lowest BCUT2D eigenvalue weighted by Gasteiger charge is -2.28. The molecule has 0 bridgehead atoms. The molecule has 1 aliphatic rings. The fourth-order valence-electron chi connectivity index (χ4n) is 1.87. The van der Waals surface area contributed by atoms with Gasteiger partial charge < -0.3 is 14.7 Å². The summed E-state index contributed by atoms with van der Waals surface area (Å²) in [6.07, 6.45) is 0. The number of carboxylic acids is 1. The van der Waals surface area contributed by atoms with Crippen molar-refractivity contribution in [2.75, 3.05) is 31.2 Å². The molecule has 0 unspecified atom stereocenters. The van der Waals surface area contributed by atoms with Crippen LogP contribution >= 0.6 is 0 Å². The fourth-order valence-corrected chi connectivity index (χ4v) is 1.87. The van der Waals surface area contributed by atoms with Gasteiger partial charge in [0.05, 0.1) is 18.1 Å². The van der Waals surface area contributed by atoms with Crippen LogP contribution in [0, 0.1) is 10.1 Å². The highest BCUT2D eigenvalue weighted by atomic mass is 16.6. The van der Waals surface area contributed by atoms with E-state index in [1.54, 1.807) is 6.07 Å². The van der Waals surface area contributed by atoms with Gasteiger partial charge in [-0.15, -0.1) is 0 Å². The van der Waals surface area contributed by atoms with E-state index in [0.29, 0.717) is 32.0 Å². The molecule has 0 aliphatic carbocycles. The predicted molar refractivity (Wildman–Crippen MR) is 63.1 cm³/mol. The van der Waals surface area contributed by atoms with Crippen molar-refractivity contribution < 1.29 is 19.6 Å². The Morgan fingerprint density at radius 2 is 2.06 bits per heavy atom. The summed E-state index contributed by atoms with van der Waals surface area (Å²) in [4.78, 5) is 23.0. The van der Waals surface area contributed by atoms with Gasteiger partial charge >= 0.3 is 5.97 Å². The molecule has 0 radical (unpaired) electrons. The number of nitro groups is 1. The number of nitrogens with zero attached hydrogens (tertiary/aromatic N) is 2. The van der Waals surface area contributed by atoms with Gasteiger partial charge in [-0.3, -0.25) is 10.1 Å². The molecule has 0 saturated carbocycles. The lowest BCUT2D eigenvalue weighted by molar-refractivity contribution is -0.385. The zero-order chi connectivity index (χ0) is 13.1. The number of anilines is 1. The lowest BCUT2D eigenvalue weighted by atomic mass is 10.1. The van der Waals surface area contributed by atoms with Crippen molar-refractivity contribution in [3.8, 4) is 0 Å². The molecule has 0 aromatic heterocycles. The number of hydrogen-bond donors (Lipinski definition) is 1. The molecule has 1 aromatic rings. The summed E-state index contributed by atoms with van der Waals surface area (Å²) in [5.41, 5.74) is -0.0292. The summed E-state index contributed by atoms with van der Waals surface area (Å²) in [7, 11) is 0. The van der Waals surface area contributed by atoms with Crippen LogP contribution in [0.25, 0.3) is 0 Å². The summed E-state index contributed by atoms with van der Waals surface area (Å²) < 4.78 is 5.19. The first-order valence-corrected chi connectivity index (χ1v) is 5.44. The van der Waals surface area contributed by atoms with Crippen molar-refractivity contribution in [1.29, 1.82) is 0 Å². The molecule has 1 N–H and O–H groups in total. The first-order chi connectivity index (χ1) is 8.59. The second kappa shape index (κ2) is 5.01. The molecule has 18 heavy (non-hydrogen) atoms. The third-order valence-corrected chi connectivity index (χ3v) is 2.78. The standard InChI is InChI=1S/C11H12N2O5/c14-11(15)9-2-1-8(7-10(9)13(16)17)12-3-5-18-6-4-12/h1-2,7H,3-6H2,(H,14,15). The molecule has 0 amide bonds. The Balaban J connectivity index is 2.36. The minimum Gasteiger partial charge on any atom is -0.477 e. The number of ether oxygens (including phenoxy) is 1. The number of carbonyl (C=O) groups is 1. The Morgan fingerprint density at radius 1 is 1.39 bits per heavy atom. The second-order valence-corrected chi connectivity index (χ2v) is 3.86. The fraction of sp³-hybridized carbons (Fsp3) is 0.364. The maximum atomic E-state index is 10.9. The van der Waals surface area contributed by atoms with Crippen LogP contribution in [0.2, 0.25) is 0 Å². The second-order valence-electron chi connectivity index (χ2n) is 3.86. The third kappa shape index (κ3) is 2.40. The quantitative estimate of drug-likeness (QED) is 0.640. The van der Waals surface area contributed by atoms with Crippen LogP contribution in [0.3, 0.4) is 0 Å². The van der Waals surface area contributed by atoms with Gasteiger partial charge in [0.15, 0.2) is 0 Å². The van der Waals surface area contributed by atoms with Crippen LogP contribution in [0.1, 0.15) is 10.4 Å². The van der Waals surface area contributed by atoms with Crippen molar-refractivity contribution in [2.45, 2.75) is 0 Å². The number of rotatable bonds is 3. The number of benzene rings is 1. The smallest absolute Gasteiger partial charge is 0.342 e. The molecule has 1 aliphatic heterocycles. The normalized spacial score (nSPS) is 15.4. The topological polar surface area (TPSA) is 92.9 Å². The molecule has 1 heterocycles. The zero-order valence-electron chi connectivity index (χ0n) is 9.54. The molecule has 1 fully saturated rings. The molecule has 0 atom stereocenters. The molecule has 7 heteroatoms. The van der Waals surface area contributed by atoms with Gasteiger partial charge in [0, 0.05) is 24.8 Å². The van der Waals surface area contributed by atoms with E-state index < -0.39 is 10.9 Å². The maximum Gasteiger partial charge on any atom is 0.342 e. The number of carboxylic acid groups (broad SMARTS) is 1. The number of hydrogen-bond acceptors (Lipinski definition) is 5. The number of aromatic carboxylic acids is 1. The van der Waals surface area contributed by atoms with Crippen molar-refractivity contribution >= 4 is 17.3 Å². The van der Waals surface area contributed by atoms with E-state index in [2.05, 4.69) is 0 Å². The molecule has 0 spiro atoms. The highest BCUT2D eigenvalue weighted by Gasteiger charge is 2.22. The average Bonchev–Trinajstić information content (AvgIpc) is 2.39. The molecular formula is C11H12N2O5. The first-order valence-electron chi connectivity index (χ1n) is 5.44. The van der Waals surface area contributed by atoms with Crippen molar-refractivity contribution in [3.05, 3.63) is 33.9 Å². The molecular weight excluding hydrogens is 240 g/mol. The summed E-state index contributed by atoms with van der Waals surface area (Å²) in [6.45, 7) is 2.41. The van der Waals surface area contributed by atoms with Crippen molar-refractivity contribution in [2.24, 2.45) is 0 Å². The monoisotopic (exact) mass is 252 g/mol. The van der Waals surface area contributed by atoms with Gasteiger partial charge in [0.25, 0.3) is 5.69 Å². The Kier molecular flexibility index (Phi) is 3.42. The van der Waals surface area contributed by atoms with E-state index in [9.17, 15) is 14.9 Å². The lowest BCUT2D eigenvalue weighted by Crippen LogP contribution is -2.36. The van der Waals surface area contributed by atoms with Gasteiger partial charge in [0.1, 0.15) is 5.56 Å². The first kappa shape index (κ1) is 12.3. The zero-order valence-corrected chi connectivity index (χ0v) is 9.54. The summed E-state index contributed by atoms with van der Waals surface area (Å²) in [5.74, 6) is -1.30. The molecule has 96 valence electrons. The minimum atomic E-state index is -1.30. The number of morpholine rings is 1. The predicted octanol–water partition coefficient (Wildman–Crippen LogP) is 1.13. The maximum absolute atomic E-state index is 10.9. The van der Waals surface area contributed by atoms with Crippen LogP contribution in [0.4, 0.5) is 11.4 Å². The molecule has 7 nitrogen and oxygen atoms in total. The van der Waals surface area contributed by atoms with Crippen molar-refractivity contribution in [1.82, 2.24) is 0 Å². The third-order valence-electron chi connectivity index (χ3n) is 2.78. The summed E-state index contributed by atoms with van der Waals surface area (Å²) in [6, 6.07) is 4.15. The van der Waals surface area contributed by atoms with E-state index >= 15 is 0 Å². The van der Waals surface area contributed by atoms with E-state index in [4.69, 9.17) is 9.84 Å². The van der Waals surface area contributed by atoms with Gasteiger partial charge in [-0.2, -0.15) is 0 Å². The van der Waals surface area contributed by atoms with Crippen LogP contribution in [-0.4, -0.2) is 42.3 Å². The molecule has 2 rings (SSSR count). The van der Waals surface area contributed by atoms with Gasteiger partial charge in [-0.1, -0.05) is 0 Å². The van der Waals surface area contributed by atoms with Crippen LogP contribution < -0.4 is 4.90 Å². The Bertz CT molecular complexity index is 482. The molecule has 1 saturated heterocycles. The van der Waals surface area contributed by atoms with E-state index in [1.807, 2.05) is 4.90 Å². The van der Waals surface area contributed by atoms with E-state index in [1.165, 1.54) is 12.1 Å². The van der Waals surface area contributed by atoms with E-state index in [-0.39, 0.29) is 11.3 Å². The summed E-state index contributed by atoms with van der Waals surface area (Å²) in [5, 5.41) is 19.7. The van der Waals surface area contributed by atoms with Gasteiger partial charge in [-0.25, -0.2) is 4.79 Å². The van der Waals surface area contributed by atoms with Gasteiger partial charge in [0.2, 0.25) is 0 Å². The number of nitro benzene ring substituents is 1. The highest BCUT2D eigenvalue weighted by molar-refractivity contribution is 5.93. The largest absolute Gasteiger partial charge is 0.477 e. The van der Waals surface area contributed by atoms with E-state index in [0.717, 1.165) is 0 Å². The Hall–Kier alpha value is -2.15. The van der Waals surface area contributed by atoms with Crippen LogP contribution in [0.15, 0.2) is 18.2 Å². The van der Waals surface area contributed by atoms with Crippen LogP contribution in [-0.2, 0) is 4.74 Å². The average molecular weight is 252 g/mol. The van der Waals surface area contributed by atoms with Crippen molar-refractivity contribution in [3.63, 3.8) is 0 Å². The minimum absolute atomic E-state index is 0.294. The SMILES string of the molecule is O=C(O)c1ccc(N2CCOCC2)cc1[N+](=O)[O-]. The highest BCUT2D eigenvalue weighted by Crippen LogP contribution is 2.26. The summed E-state index contributed by atoms with van der Waals surface area (Å²) >= 11 is 0. The van der Waals surface area contributed by atoms with Crippen LogP contribution in [0.5, 0.6) is 0 Å².